The molecule has 4 aromatic carbocycles. The zero-order valence-electron chi connectivity index (χ0n) is 73.3. The van der Waals surface area contributed by atoms with Gasteiger partial charge in [0.1, 0.15) is 25.4 Å². The molecule has 4 aliphatic heterocycles. The number of aliphatic hydroxyl groups is 3. The fourth-order valence-electron chi connectivity index (χ4n) is 17.9. The van der Waals surface area contributed by atoms with Crippen molar-refractivity contribution in [1.29, 1.82) is 0 Å². The SMILES string of the molecule is CC1(C)C(=CC=C2CCCC(C=CC3=[N+](CCCCCC(=O)O)c4ccccc4C3(C)C)=C2Cl)N(CCCCCC(=O)NN[C@@H]2CC(CO)[C@@H](O)[C@H](O)C2[18F])c2ccccc21.COP(=O)([O-])OCCCNC(=O)CCCCC[N+]1=C(C=CC2=C(Cl)C(=CC=C3N(CCCCS(=O)(=O)[O-])c4ccccc4C3(C)C)CCC2)C(C)(C)c2ccccc21.O.[Cl][Pt+2][Cl].[NH2-].[NH2-]. The maximum absolute atomic E-state index is 14.6. The van der Waals surface area contributed by atoms with Crippen LogP contribution in [0.4, 0.5) is 27.1 Å². The molecule has 11 rings (SSSR count). The number of para-hydroxylation sites is 4. The van der Waals surface area contributed by atoms with Crippen molar-refractivity contribution in [2.75, 3.05) is 68.6 Å². The number of phosphoric acid groups is 1. The number of anilines is 2. The molecule has 0 radical (unpaired) electrons. The molecule has 4 aromatic rings. The van der Waals surface area contributed by atoms with E-state index in [9.17, 15) is 56.5 Å². The van der Waals surface area contributed by atoms with Gasteiger partial charge in [-0.3, -0.25) is 24.4 Å². The number of hydrogen-bond donors (Lipinski definition) is 7. The number of halogens is 5. The fraction of sp³-hybridized carbons (Fsp3) is 0.516. The topological polar surface area (TPSA) is 395 Å². The quantitative estimate of drug-likeness (QED) is 0.00720. The number of allylic oxidation sites excluding steroid dienone is 16. The first-order chi connectivity index (χ1) is 58.0. The number of hydrogen-bond acceptors (Lipinski definition) is 16. The Hall–Kier alpha value is -6.33. The number of nitrogens with zero attached hydrogens (tertiary/aromatic N) is 4. The van der Waals surface area contributed by atoms with Gasteiger partial charge in [-0.1, -0.05) is 154 Å². The Balaban J connectivity index is 0.000000366. The number of amides is 2. The van der Waals surface area contributed by atoms with Crippen LogP contribution < -0.4 is 30.9 Å². The summed E-state index contributed by atoms with van der Waals surface area (Å²) in [4.78, 5) is 52.0. The number of hydrazine groups is 1. The van der Waals surface area contributed by atoms with Crippen molar-refractivity contribution >= 4 is 112 Å². The van der Waals surface area contributed by atoms with E-state index in [0.717, 1.165) is 154 Å². The monoisotopic (exact) mass is 2030 g/mol. The van der Waals surface area contributed by atoms with E-state index in [2.05, 4.69) is 233 Å². The Labute approximate surface area is 765 Å². The van der Waals surface area contributed by atoms with Gasteiger partial charge in [-0.05, 0) is 188 Å². The summed E-state index contributed by atoms with van der Waals surface area (Å²) in [6.07, 6.45) is 27.8. The second-order valence-corrected chi connectivity index (χ2v) is 41.5. The zero-order chi connectivity index (χ0) is 88.7. The molecule has 1 fully saturated rings. The first-order valence-electron chi connectivity index (χ1n) is 42.7. The number of unbranched alkanes of at least 4 members (excludes halogenated alkanes) is 7. The van der Waals surface area contributed by atoms with Gasteiger partial charge in [0.25, 0.3) is 7.82 Å². The number of rotatable bonds is 38. The molecular formula is C93H129Cl4FN9O15PPtS. The van der Waals surface area contributed by atoms with Crippen LogP contribution in [0.3, 0.4) is 0 Å². The largest absolute Gasteiger partial charge is 0.693 e. The summed E-state index contributed by atoms with van der Waals surface area (Å²) in [6.45, 7) is 20.9. The Morgan fingerprint density at radius 2 is 1.04 bits per heavy atom. The molecule has 0 spiro atoms. The molecular weight excluding hydrogens is 1900 g/mol. The van der Waals surface area contributed by atoms with Crippen LogP contribution >= 0.6 is 49.9 Å². The van der Waals surface area contributed by atoms with E-state index < -0.39 is 70.7 Å². The van der Waals surface area contributed by atoms with Crippen LogP contribution in [0.25, 0.3) is 12.3 Å². The molecule has 692 valence electrons. The predicted molar refractivity (Wildman–Crippen MR) is 494 cm³/mol. The van der Waals surface area contributed by atoms with Gasteiger partial charge >= 0.3 is 41.3 Å². The van der Waals surface area contributed by atoms with E-state index in [0.29, 0.717) is 51.6 Å². The van der Waals surface area contributed by atoms with E-state index in [4.69, 9.17) is 47.1 Å². The van der Waals surface area contributed by atoms with Crippen molar-refractivity contribution in [3.05, 3.63) is 224 Å². The Morgan fingerprint density at radius 3 is 1.50 bits per heavy atom. The minimum atomic E-state index is -4.25. The summed E-state index contributed by atoms with van der Waals surface area (Å²) in [5, 5.41) is 43.0. The molecule has 0 bridgehead atoms. The number of carboxylic acid groups (broad SMARTS) is 1. The zero-order valence-corrected chi connectivity index (χ0v) is 80.3. The van der Waals surface area contributed by atoms with Crippen molar-refractivity contribution in [2.45, 2.75) is 243 Å². The summed E-state index contributed by atoms with van der Waals surface area (Å²) in [7, 11) is 2.29. The third kappa shape index (κ3) is 28.1. The van der Waals surface area contributed by atoms with Crippen LogP contribution in [-0.2, 0) is 76.3 Å². The van der Waals surface area contributed by atoms with Crippen molar-refractivity contribution in [3.8, 4) is 0 Å². The molecule has 0 aromatic heterocycles. The number of carbonyl (C=O) groups is 3. The summed E-state index contributed by atoms with van der Waals surface area (Å²) in [5.74, 6) is -2.13. The third-order valence-corrected chi connectivity index (χ3v) is 27.3. The average Bonchev–Trinajstić information content (AvgIpc) is 1.61. The van der Waals surface area contributed by atoms with Gasteiger partial charge in [0.05, 0.1) is 39.7 Å². The van der Waals surface area contributed by atoms with Gasteiger partial charge < -0.3 is 71.8 Å². The summed E-state index contributed by atoms with van der Waals surface area (Å²) >= 11 is 14.0. The number of phosphoric ester groups is 1. The van der Waals surface area contributed by atoms with Gasteiger partial charge in [0.2, 0.25) is 23.2 Å². The van der Waals surface area contributed by atoms with E-state index in [-0.39, 0.29) is 89.5 Å². The van der Waals surface area contributed by atoms with E-state index >= 15 is 0 Å². The Bertz CT molecular complexity index is 4860. The summed E-state index contributed by atoms with van der Waals surface area (Å²) in [6, 6.07) is 33.0. The van der Waals surface area contributed by atoms with Crippen molar-refractivity contribution in [1.82, 2.24) is 16.2 Å². The molecule has 24 nitrogen and oxygen atoms in total. The molecule has 1 saturated carbocycles. The number of fused-ring (bicyclic) bond motifs is 4. The number of aliphatic carboxylic acids is 1. The predicted octanol–water partition coefficient (Wildman–Crippen LogP) is 18.6. The molecule has 7 aliphatic rings. The minimum Gasteiger partial charge on any atom is -0.693 e. The van der Waals surface area contributed by atoms with Crippen molar-refractivity contribution in [2.24, 2.45) is 5.92 Å². The fourth-order valence-corrected chi connectivity index (χ4v) is 19.5. The number of nitrogens with two attached hydrogens (primary N) is 2. The standard InChI is InChI=1S/C49H64ClFN4O6.C44H59ClN3O8PS.2ClH.2H2N.H2O.Pt/c1-48(2)35-18-9-11-20-38(35)54(28-13-5-7-22-42(57)53-52-37-30-34(31-56)46(60)47(61)45(37)51)40(48)26-24-32-16-15-17-33(44(32)50)25-27-41-49(3,4)36-19-10-12-21-39(36)55(41)29-14-6-8-23-43(58)59;1-43(2)35-19-8-10-21-37(35)47(29-12-6-7-23-41(49)46-28-16-31-56-57(50,51)55-5)39(43)26-24-33-17-15-18-34(42(33)45)25-27-40-44(3,4)36-20-9-11-22-38(36)48(40)30-13-14-32-58(52,53)54;;;;;;/h9-12,18-21,24-27,34,37,45-47,52,56,60-61H,5-8,13-17,22-23,28-31H2,1-4H3,(H-,53,57,58,59);8-11,19-22,24-27H,6-7,12-18,23,28-32H2,1-5H3,(H2-,46,49,50,51,52,53,54);2*1H;3*1H2;/q;;;;2*-1;;+4/p-2/t34?,37-,45?,46-,47-;;;;;;;/m1......./s1/i51-1;;;;;;;. The van der Waals surface area contributed by atoms with Crippen LogP contribution in [0.5, 0.6) is 0 Å². The smallest absolute Gasteiger partial charge is 0.693 e. The van der Waals surface area contributed by atoms with Crippen LogP contribution in [0.15, 0.2) is 189 Å². The van der Waals surface area contributed by atoms with Crippen LogP contribution in [0.2, 0.25) is 0 Å². The van der Waals surface area contributed by atoms with Crippen LogP contribution in [0.1, 0.15) is 219 Å². The number of benzene rings is 4. The van der Waals surface area contributed by atoms with E-state index in [1.807, 2.05) is 12.1 Å². The Morgan fingerprint density at radius 1 is 0.608 bits per heavy atom. The maximum atomic E-state index is 14.6. The van der Waals surface area contributed by atoms with Gasteiger partial charge in [0, 0.05) is 156 Å². The minimum absolute atomic E-state index is 0. The number of carbonyl (C=O) groups excluding carboxylic acids is 2. The molecule has 0 saturated heterocycles. The van der Waals surface area contributed by atoms with Gasteiger partial charge in [0.15, 0.2) is 11.4 Å². The van der Waals surface area contributed by atoms with Crippen LogP contribution in [0, 0.1) is 5.92 Å². The number of carboxylic acids is 1. The number of nitrogens with one attached hydrogen (secondary N) is 3. The molecule has 3 unspecified atom stereocenters. The van der Waals surface area contributed by atoms with Crippen molar-refractivity contribution in [3.63, 3.8) is 0 Å². The molecule has 3 aliphatic carbocycles. The average molecular weight is 2030 g/mol. The van der Waals surface area contributed by atoms with Crippen molar-refractivity contribution < 1.29 is 102 Å². The van der Waals surface area contributed by atoms with E-state index in [1.165, 1.54) is 56.4 Å². The number of alkyl halides is 1. The van der Waals surface area contributed by atoms with Gasteiger partial charge in [-0.2, -0.15) is 9.15 Å². The summed E-state index contributed by atoms with van der Waals surface area (Å²) < 4.78 is 73.4. The normalized spacial score (nSPS) is 22.0. The van der Waals surface area contributed by atoms with Gasteiger partial charge in [-0.25, -0.2) is 18.2 Å². The summed E-state index contributed by atoms with van der Waals surface area (Å²) in [5.41, 5.74) is 23.1. The third-order valence-electron chi connectivity index (χ3n) is 24.6. The van der Waals surface area contributed by atoms with Crippen LogP contribution in [-0.4, -0.2) is 160 Å². The second kappa shape index (κ2) is 49.6. The van der Waals surface area contributed by atoms with E-state index in [1.54, 1.807) is 0 Å². The molecule has 13 N–H and O–H groups in total. The molecule has 125 heavy (non-hydrogen) atoms. The first-order valence-corrected chi connectivity index (χ1v) is 52.1. The first kappa shape index (κ1) is 107. The molecule has 4 heterocycles. The molecule has 32 heteroatoms. The molecule has 2 amide bonds. The Kier molecular flexibility index (Phi) is 42.6. The second-order valence-electron chi connectivity index (χ2n) is 34.4. The number of aliphatic hydroxyl groups excluding tert-OH is 3. The van der Waals surface area contributed by atoms with Gasteiger partial charge in [-0.15, -0.1) is 0 Å². The molecule has 6 atom stereocenters. The maximum Gasteiger partial charge on any atom is -0.693 e.